The number of amides is 3. The molecular formula is C20H23N3O5. The first kappa shape index (κ1) is 20.8. The van der Waals surface area contributed by atoms with Crippen molar-refractivity contribution in [3.05, 3.63) is 54.6 Å². The normalized spacial score (nSPS) is 9.89. The first-order chi connectivity index (χ1) is 13.6. The number of rotatable bonds is 10. The molecule has 0 bridgehead atoms. The van der Waals surface area contributed by atoms with Gasteiger partial charge in [-0.05, 0) is 43.3 Å². The fourth-order valence-corrected chi connectivity index (χ4v) is 2.13. The van der Waals surface area contributed by atoms with Crippen LogP contribution >= 0.6 is 0 Å². The molecule has 0 aromatic heterocycles. The number of ether oxygens (including phenoxy) is 2. The van der Waals surface area contributed by atoms with Crippen LogP contribution in [0.3, 0.4) is 0 Å². The number of carbonyl (C=O) groups excluding carboxylic acids is 3. The van der Waals surface area contributed by atoms with Crippen molar-refractivity contribution < 1.29 is 23.9 Å². The highest BCUT2D eigenvalue weighted by molar-refractivity contribution is 5.94. The second-order valence-corrected chi connectivity index (χ2v) is 5.69. The van der Waals surface area contributed by atoms with Gasteiger partial charge in [-0.15, -0.1) is 0 Å². The van der Waals surface area contributed by atoms with E-state index in [2.05, 4.69) is 16.0 Å². The number of likely N-dealkylation sites (N-methyl/N-ethyl adjacent to an activating group) is 1. The topological polar surface area (TPSA) is 106 Å². The molecule has 0 aliphatic carbocycles. The van der Waals surface area contributed by atoms with Crippen molar-refractivity contribution in [2.45, 2.75) is 6.92 Å². The van der Waals surface area contributed by atoms with E-state index in [1.807, 2.05) is 13.0 Å². The van der Waals surface area contributed by atoms with Gasteiger partial charge in [0, 0.05) is 12.2 Å². The molecule has 0 saturated carbocycles. The van der Waals surface area contributed by atoms with Crippen LogP contribution in [0.2, 0.25) is 0 Å². The van der Waals surface area contributed by atoms with Crippen LogP contribution in [0.1, 0.15) is 6.92 Å². The molecule has 2 aromatic rings. The fourth-order valence-electron chi connectivity index (χ4n) is 2.13. The lowest BCUT2D eigenvalue weighted by atomic mass is 10.3. The van der Waals surface area contributed by atoms with E-state index in [1.165, 1.54) is 0 Å². The Bertz CT molecular complexity index is 778. The van der Waals surface area contributed by atoms with Gasteiger partial charge in [0.2, 0.25) is 5.91 Å². The molecule has 8 nitrogen and oxygen atoms in total. The molecular weight excluding hydrogens is 362 g/mol. The molecule has 28 heavy (non-hydrogen) atoms. The fraction of sp³-hybridized carbons (Fsp3) is 0.250. The van der Waals surface area contributed by atoms with Gasteiger partial charge in [-0.2, -0.15) is 0 Å². The van der Waals surface area contributed by atoms with Crippen LogP contribution < -0.4 is 25.4 Å². The summed E-state index contributed by atoms with van der Waals surface area (Å²) >= 11 is 0. The summed E-state index contributed by atoms with van der Waals surface area (Å²) in [6.45, 7) is 1.95. The van der Waals surface area contributed by atoms with Crippen molar-refractivity contribution >= 4 is 23.4 Å². The summed E-state index contributed by atoms with van der Waals surface area (Å²) in [7, 11) is 0. The number of anilines is 1. The van der Waals surface area contributed by atoms with Crippen molar-refractivity contribution in [3.63, 3.8) is 0 Å². The van der Waals surface area contributed by atoms with Gasteiger partial charge in [-0.1, -0.05) is 18.2 Å². The maximum absolute atomic E-state index is 11.9. The Labute approximate surface area is 163 Å². The third-order valence-corrected chi connectivity index (χ3v) is 3.44. The lowest BCUT2D eigenvalue weighted by Crippen LogP contribution is -2.35. The van der Waals surface area contributed by atoms with Gasteiger partial charge in [-0.3, -0.25) is 14.4 Å². The largest absolute Gasteiger partial charge is 0.484 e. The summed E-state index contributed by atoms with van der Waals surface area (Å²) in [4.78, 5) is 35.0. The van der Waals surface area contributed by atoms with Gasteiger partial charge in [0.05, 0.1) is 6.54 Å². The van der Waals surface area contributed by atoms with Crippen molar-refractivity contribution in [3.8, 4) is 11.5 Å². The van der Waals surface area contributed by atoms with Crippen LogP contribution in [-0.4, -0.2) is 44.0 Å². The Hall–Kier alpha value is -3.55. The molecule has 148 valence electrons. The van der Waals surface area contributed by atoms with E-state index in [-0.39, 0.29) is 31.6 Å². The molecule has 3 amide bonds. The highest BCUT2D eigenvalue weighted by atomic mass is 16.5. The molecule has 0 heterocycles. The van der Waals surface area contributed by atoms with Crippen LogP contribution in [0.25, 0.3) is 0 Å². The van der Waals surface area contributed by atoms with Crippen LogP contribution in [-0.2, 0) is 14.4 Å². The smallest absolute Gasteiger partial charge is 0.258 e. The number of benzene rings is 2. The monoisotopic (exact) mass is 385 g/mol. The standard InChI is InChI=1S/C20H23N3O5/c1-2-21-19(25)13-28-17-10-8-15(9-11-17)23-18(24)12-22-20(26)14-27-16-6-4-3-5-7-16/h3-11H,2,12-14H2,1H3,(H,21,25)(H,22,26)(H,23,24). The number of hydrogen-bond donors (Lipinski definition) is 3. The van der Waals surface area contributed by atoms with Crippen LogP contribution in [0.15, 0.2) is 54.6 Å². The first-order valence-electron chi connectivity index (χ1n) is 8.80. The van der Waals surface area contributed by atoms with Crippen molar-refractivity contribution in [1.29, 1.82) is 0 Å². The van der Waals surface area contributed by atoms with E-state index in [4.69, 9.17) is 9.47 Å². The molecule has 0 aliphatic heterocycles. The summed E-state index contributed by atoms with van der Waals surface area (Å²) in [5, 5.41) is 7.77. The average Bonchev–Trinajstić information content (AvgIpc) is 2.71. The predicted octanol–water partition coefficient (Wildman–Crippen LogP) is 1.34. The van der Waals surface area contributed by atoms with Crippen LogP contribution in [0.4, 0.5) is 5.69 Å². The Morgan fingerprint density at radius 1 is 0.750 bits per heavy atom. The molecule has 8 heteroatoms. The van der Waals surface area contributed by atoms with Gasteiger partial charge in [0.1, 0.15) is 11.5 Å². The van der Waals surface area contributed by atoms with Gasteiger partial charge in [-0.25, -0.2) is 0 Å². The summed E-state index contributed by atoms with van der Waals surface area (Å²) in [6.07, 6.45) is 0. The van der Waals surface area contributed by atoms with Gasteiger partial charge in [0.25, 0.3) is 11.8 Å². The first-order valence-corrected chi connectivity index (χ1v) is 8.80. The minimum atomic E-state index is -0.395. The molecule has 3 N–H and O–H groups in total. The van der Waals surface area contributed by atoms with E-state index >= 15 is 0 Å². The molecule has 0 aliphatic rings. The molecule has 0 atom stereocenters. The van der Waals surface area contributed by atoms with E-state index in [1.54, 1.807) is 48.5 Å². The van der Waals surface area contributed by atoms with Crippen molar-refractivity contribution in [2.24, 2.45) is 0 Å². The summed E-state index contributed by atoms with van der Waals surface area (Å²) < 4.78 is 10.6. The number of carbonyl (C=O) groups is 3. The molecule has 0 fully saturated rings. The quantitative estimate of drug-likeness (QED) is 0.572. The van der Waals surface area contributed by atoms with Crippen molar-refractivity contribution in [1.82, 2.24) is 10.6 Å². The summed E-state index contributed by atoms with van der Waals surface area (Å²) in [5.74, 6) is 0.122. The van der Waals surface area contributed by atoms with E-state index < -0.39 is 5.91 Å². The highest BCUT2D eigenvalue weighted by Gasteiger charge is 2.07. The lowest BCUT2D eigenvalue weighted by Gasteiger charge is -2.09. The summed E-state index contributed by atoms with van der Waals surface area (Å²) in [5.41, 5.74) is 0.546. The maximum atomic E-state index is 11.9. The summed E-state index contributed by atoms with van der Waals surface area (Å²) in [6, 6.07) is 15.5. The zero-order chi connectivity index (χ0) is 20.2. The second-order valence-electron chi connectivity index (χ2n) is 5.69. The Morgan fingerprint density at radius 3 is 1.93 bits per heavy atom. The Balaban J connectivity index is 1.68. The lowest BCUT2D eigenvalue weighted by molar-refractivity contribution is -0.125. The zero-order valence-corrected chi connectivity index (χ0v) is 15.6. The third-order valence-electron chi connectivity index (χ3n) is 3.44. The maximum Gasteiger partial charge on any atom is 0.258 e. The average molecular weight is 385 g/mol. The van der Waals surface area contributed by atoms with Crippen LogP contribution in [0.5, 0.6) is 11.5 Å². The molecule has 0 radical (unpaired) electrons. The van der Waals surface area contributed by atoms with Gasteiger partial charge >= 0.3 is 0 Å². The van der Waals surface area contributed by atoms with Gasteiger partial charge < -0.3 is 25.4 Å². The molecule has 0 unspecified atom stereocenters. The number of hydrogen-bond acceptors (Lipinski definition) is 5. The highest BCUT2D eigenvalue weighted by Crippen LogP contribution is 2.15. The molecule has 2 rings (SSSR count). The minimum absolute atomic E-state index is 0.0728. The van der Waals surface area contributed by atoms with E-state index in [9.17, 15) is 14.4 Å². The predicted molar refractivity (Wildman–Crippen MR) is 104 cm³/mol. The van der Waals surface area contributed by atoms with E-state index in [0.717, 1.165) is 0 Å². The molecule has 0 spiro atoms. The van der Waals surface area contributed by atoms with Crippen LogP contribution in [0, 0.1) is 0 Å². The Morgan fingerprint density at radius 2 is 1.32 bits per heavy atom. The minimum Gasteiger partial charge on any atom is -0.484 e. The van der Waals surface area contributed by atoms with E-state index in [0.29, 0.717) is 23.7 Å². The number of para-hydroxylation sites is 1. The third kappa shape index (κ3) is 7.77. The van der Waals surface area contributed by atoms with Crippen molar-refractivity contribution in [2.75, 3.05) is 31.6 Å². The second kappa shape index (κ2) is 11.2. The SMILES string of the molecule is CCNC(=O)COc1ccc(NC(=O)CNC(=O)COc2ccccc2)cc1. The molecule has 0 saturated heterocycles. The zero-order valence-electron chi connectivity index (χ0n) is 15.6. The number of nitrogens with one attached hydrogen (secondary N) is 3. The molecule has 2 aromatic carbocycles. The Kier molecular flexibility index (Phi) is 8.32. The van der Waals surface area contributed by atoms with Gasteiger partial charge in [0.15, 0.2) is 13.2 Å².